The number of rotatable bonds is 1. The van der Waals surface area contributed by atoms with Crippen molar-refractivity contribution < 1.29 is 0 Å². The van der Waals surface area contributed by atoms with Crippen molar-refractivity contribution >= 4 is 11.6 Å². The largest absolute Gasteiger partial charge is 0.334 e. The molecular formula is C12H11ClN2. The van der Waals surface area contributed by atoms with Crippen molar-refractivity contribution in [2.75, 3.05) is 0 Å². The maximum Gasteiger partial charge on any atom is 0.109 e. The summed E-state index contributed by atoms with van der Waals surface area (Å²) in [6, 6.07) is 7.85. The van der Waals surface area contributed by atoms with Crippen molar-refractivity contribution in [1.29, 1.82) is 0 Å². The fourth-order valence-electron chi connectivity index (χ4n) is 2.04. The second-order valence-electron chi connectivity index (χ2n) is 3.85. The molecule has 0 fully saturated rings. The first kappa shape index (κ1) is 8.98. The number of benzene rings is 1. The normalized spacial score (nSPS) is 14.2. The number of hydrogen-bond acceptors (Lipinski definition) is 1. The van der Waals surface area contributed by atoms with Gasteiger partial charge >= 0.3 is 0 Å². The van der Waals surface area contributed by atoms with Gasteiger partial charge in [0.15, 0.2) is 0 Å². The molecular weight excluding hydrogens is 208 g/mol. The van der Waals surface area contributed by atoms with Gasteiger partial charge in [-0.1, -0.05) is 23.7 Å². The molecule has 0 unspecified atom stereocenters. The summed E-state index contributed by atoms with van der Waals surface area (Å²) in [6.07, 6.45) is 4.44. The van der Waals surface area contributed by atoms with Crippen LogP contribution < -0.4 is 0 Å². The van der Waals surface area contributed by atoms with Gasteiger partial charge in [-0.2, -0.15) is 0 Å². The van der Waals surface area contributed by atoms with Crippen LogP contribution in [0, 0.1) is 0 Å². The first-order chi connectivity index (χ1) is 7.33. The summed E-state index contributed by atoms with van der Waals surface area (Å²) in [7, 11) is 0. The van der Waals surface area contributed by atoms with E-state index in [0.717, 1.165) is 29.2 Å². The van der Waals surface area contributed by atoms with E-state index in [1.54, 1.807) is 0 Å². The van der Waals surface area contributed by atoms with Gasteiger partial charge in [-0.05, 0) is 18.6 Å². The third kappa shape index (κ3) is 1.55. The summed E-state index contributed by atoms with van der Waals surface area (Å²) in [5.41, 5.74) is 2.14. The van der Waals surface area contributed by atoms with Crippen molar-refractivity contribution in [2.24, 2.45) is 0 Å². The lowest BCUT2D eigenvalue weighted by Gasteiger charge is -1.97. The highest BCUT2D eigenvalue weighted by atomic mass is 35.5. The van der Waals surface area contributed by atoms with E-state index in [1.165, 1.54) is 12.2 Å². The molecule has 2 heterocycles. The van der Waals surface area contributed by atoms with Gasteiger partial charge in [0, 0.05) is 29.7 Å². The zero-order valence-corrected chi connectivity index (χ0v) is 9.04. The Kier molecular flexibility index (Phi) is 2.03. The Morgan fingerprint density at radius 2 is 2.27 bits per heavy atom. The van der Waals surface area contributed by atoms with E-state index in [4.69, 9.17) is 11.6 Å². The Bertz CT molecular complexity index is 481. The van der Waals surface area contributed by atoms with Crippen molar-refractivity contribution in [3.8, 4) is 11.3 Å². The molecule has 0 radical (unpaired) electrons. The summed E-state index contributed by atoms with van der Waals surface area (Å²) in [6.45, 7) is 1.10. The summed E-state index contributed by atoms with van der Waals surface area (Å²) in [5.74, 6) is 1.20. The van der Waals surface area contributed by atoms with Crippen LogP contribution in [0.1, 0.15) is 12.2 Å². The minimum absolute atomic E-state index is 0.764. The Morgan fingerprint density at radius 3 is 3.07 bits per heavy atom. The van der Waals surface area contributed by atoms with Crippen molar-refractivity contribution in [3.63, 3.8) is 0 Å². The Labute approximate surface area is 93.5 Å². The van der Waals surface area contributed by atoms with Crippen molar-refractivity contribution in [1.82, 2.24) is 9.55 Å². The Balaban J connectivity index is 2.06. The van der Waals surface area contributed by atoms with Gasteiger partial charge in [-0.25, -0.2) is 4.98 Å². The van der Waals surface area contributed by atoms with E-state index in [9.17, 15) is 0 Å². The van der Waals surface area contributed by atoms with Gasteiger partial charge in [0.1, 0.15) is 5.82 Å². The molecule has 0 saturated carbocycles. The van der Waals surface area contributed by atoms with Crippen molar-refractivity contribution in [3.05, 3.63) is 41.3 Å². The van der Waals surface area contributed by atoms with Gasteiger partial charge in [-0.3, -0.25) is 0 Å². The third-order valence-electron chi connectivity index (χ3n) is 2.78. The van der Waals surface area contributed by atoms with Crippen LogP contribution in [-0.2, 0) is 13.0 Å². The lowest BCUT2D eigenvalue weighted by atomic mass is 10.2. The van der Waals surface area contributed by atoms with E-state index in [1.807, 2.05) is 24.3 Å². The number of nitrogens with zero attached hydrogens (tertiary/aromatic N) is 2. The number of fused-ring (bicyclic) bond motifs is 1. The van der Waals surface area contributed by atoms with Crippen LogP contribution >= 0.6 is 11.6 Å². The van der Waals surface area contributed by atoms with E-state index in [2.05, 4.69) is 15.7 Å². The highest BCUT2D eigenvalue weighted by molar-refractivity contribution is 6.30. The fourth-order valence-corrected chi connectivity index (χ4v) is 2.23. The van der Waals surface area contributed by atoms with Crippen LogP contribution in [-0.4, -0.2) is 9.55 Å². The number of imidazole rings is 1. The summed E-state index contributed by atoms with van der Waals surface area (Å²) in [5, 5.41) is 0.764. The van der Waals surface area contributed by atoms with Crippen LogP contribution in [0.2, 0.25) is 5.02 Å². The van der Waals surface area contributed by atoms with E-state index < -0.39 is 0 Å². The molecule has 3 heteroatoms. The third-order valence-corrected chi connectivity index (χ3v) is 3.01. The zero-order chi connectivity index (χ0) is 10.3. The second kappa shape index (κ2) is 3.38. The predicted octanol–water partition coefficient (Wildman–Crippen LogP) is 3.15. The first-order valence-corrected chi connectivity index (χ1v) is 5.53. The van der Waals surface area contributed by atoms with E-state index in [-0.39, 0.29) is 0 Å². The van der Waals surface area contributed by atoms with Crippen molar-refractivity contribution in [2.45, 2.75) is 19.4 Å². The molecule has 1 aliphatic rings. The van der Waals surface area contributed by atoms with Crippen LogP contribution in [0.3, 0.4) is 0 Å². The van der Waals surface area contributed by atoms with Crippen LogP contribution in [0.25, 0.3) is 11.3 Å². The molecule has 0 bridgehead atoms. The lowest BCUT2D eigenvalue weighted by molar-refractivity contribution is 0.750. The quantitative estimate of drug-likeness (QED) is 0.719. The van der Waals surface area contributed by atoms with Gasteiger partial charge in [0.05, 0.1) is 5.69 Å². The molecule has 1 aliphatic heterocycles. The molecule has 2 nitrogen and oxygen atoms in total. The summed E-state index contributed by atoms with van der Waals surface area (Å²) < 4.78 is 2.23. The topological polar surface area (TPSA) is 17.8 Å². The molecule has 0 saturated heterocycles. The molecule has 15 heavy (non-hydrogen) atoms. The molecule has 1 aromatic heterocycles. The average molecular weight is 219 g/mol. The van der Waals surface area contributed by atoms with Gasteiger partial charge in [0.2, 0.25) is 0 Å². The minimum atomic E-state index is 0.764. The highest BCUT2D eigenvalue weighted by Gasteiger charge is 2.14. The van der Waals surface area contributed by atoms with Gasteiger partial charge in [-0.15, -0.1) is 0 Å². The highest BCUT2D eigenvalue weighted by Crippen LogP contribution is 2.24. The lowest BCUT2D eigenvalue weighted by Crippen LogP contribution is -1.87. The molecule has 0 atom stereocenters. The SMILES string of the molecule is Clc1cccc(-c2cn3c(n2)CCC3)c1. The Hall–Kier alpha value is -1.28. The van der Waals surface area contributed by atoms with Gasteiger partial charge in [0.25, 0.3) is 0 Å². The average Bonchev–Trinajstić information content (AvgIpc) is 2.76. The molecule has 0 N–H and O–H groups in total. The van der Waals surface area contributed by atoms with Crippen LogP contribution in [0.15, 0.2) is 30.5 Å². The molecule has 2 aromatic rings. The van der Waals surface area contributed by atoms with E-state index in [0.29, 0.717) is 0 Å². The monoisotopic (exact) mass is 218 g/mol. The zero-order valence-electron chi connectivity index (χ0n) is 8.28. The predicted molar refractivity (Wildman–Crippen MR) is 61.0 cm³/mol. The first-order valence-electron chi connectivity index (χ1n) is 5.15. The molecule has 76 valence electrons. The van der Waals surface area contributed by atoms with Crippen LogP contribution in [0.4, 0.5) is 0 Å². The fraction of sp³-hybridized carbons (Fsp3) is 0.250. The maximum atomic E-state index is 5.95. The minimum Gasteiger partial charge on any atom is -0.334 e. The standard InChI is InChI=1S/C12H11ClN2/c13-10-4-1-3-9(7-10)11-8-15-6-2-5-12(15)14-11/h1,3-4,7-8H,2,5-6H2. The summed E-state index contributed by atoms with van der Waals surface area (Å²) in [4.78, 5) is 4.61. The number of aryl methyl sites for hydroxylation is 2. The van der Waals surface area contributed by atoms with E-state index >= 15 is 0 Å². The number of aromatic nitrogens is 2. The Morgan fingerprint density at radius 1 is 1.33 bits per heavy atom. The number of hydrogen-bond donors (Lipinski definition) is 0. The summed E-state index contributed by atoms with van der Waals surface area (Å²) >= 11 is 5.95. The smallest absolute Gasteiger partial charge is 0.109 e. The molecule has 0 aliphatic carbocycles. The second-order valence-corrected chi connectivity index (χ2v) is 4.29. The molecule has 3 rings (SSSR count). The number of halogens is 1. The molecule has 1 aromatic carbocycles. The van der Waals surface area contributed by atoms with Crippen LogP contribution in [0.5, 0.6) is 0 Å². The molecule has 0 spiro atoms. The maximum absolute atomic E-state index is 5.95. The molecule has 0 amide bonds. The van der Waals surface area contributed by atoms with Gasteiger partial charge < -0.3 is 4.57 Å².